The molecule has 12 heavy (non-hydrogen) atoms. The number of aryl methyl sites for hydroxylation is 1. The molecule has 1 aromatic carbocycles. The molecule has 0 radical (unpaired) electrons. The van der Waals surface area contributed by atoms with Gasteiger partial charge in [0.15, 0.2) is 0 Å². The number of halogens is 2. The van der Waals surface area contributed by atoms with Crippen LogP contribution < -0.4 is 0 Å². The summed E-state index contributed by atoms with van der Waals surface area (Å²) in [4.78, 5) is 0. The third kappa shape index (κ3) is 1.23. The molecule has 0 atom stereocenters. The smallest absolute Gasteiger partial charge is 0.107 e. The molecule has 0 saturated carbocycles. The van der Waals surface area contributed by atoms with Gasteiger partial charge in [0.25, 0.3) is 0 Å². The molecule has 0 saturated heterocycles. The van der Waals surface area contributed by atoms with E-state index in [1.165, 1.54) is 0 Å². The first-order valence-electron chi connectivity index (χ1n) is 3.45. The van der Waals surface area contributed by atoms with Crippen molar-refractivity contribution in [2.75, 3.05) is 0 Å². The zero-order valence-electron chi connectivity index (χ0n) is 6.38. The van der Waals surface area contributed by atoms with Gasteiger partial charge in [-0.2, -0.15) is 5.10 Å². The lowest BCUT2D eigenvalue weighted by Gasteiger charge is -1.92. The Morgan fingerprint density at radius 2 is 2.25 bits per heavy atom. The van der Waals surface area contributed by atoms with Crippen LogP contribution in [0.4, 0.5) is 0 Å². The number of benzene rings is 1. The van der Waals surface area contributed by atoms with E-state index in [1.807, 2.05) is 25.4 Å². The Labute approximate surface area is 83.3 Å². The summed E-state index contributed by atoms with van der Waals surface area (Å²) in [6.45, 7) is 0. The van der Waals surface area contributed by atoms with Gasteiger partial charge in [-0.3, -0.25) is 4.68 Å². The van der Waals surface area contributed by atoms with Crippen molar-refractivity contribution in [3.05, 3.63) is 27.8 Å². The largest absolute Gasteiger partial charge is 0.275 e. The van der Waals surface area contributed by atoms with Crippen LogP contribution in [0, 0.1) is 0 Å². The first-order valence-corrected chi connectivity index (χ1v) is 4.62. The molecule has 0 unspecified atom stereocenters. The van der Waals surface area contributed by atoms with Gasteiger partial charge in [0, 0.05) is 28.1 Å². The molecule has 1 aromatic heterocycles. The van der Waals surface area contributed by atoms with Crippen molar-refractivity contribution in [3.63, 3.8) is 0 Å². The molecule has 0 aliphatic rings. The molecule has 0 fully saturated rings. The lowest BCUT2D eigenvalue weighted by molar-refractivity contribution is 0.779. The summed E-state index contributed by atoms with van der Waals surface area (Å²) < 4.78 is 2.71. The Kier molecular flexibility index (Phi) is 1.85. The Balaban J connectivity index is 2.88. The Morgan fingerprint density at radius 3 is 3.00 bits per heavy atom. The zero-order valence-corrected chi connectivity index (χ0v) is 8.72. The standard InChI is InChI=1S/C8H6BrClN2/c1-12-4-5-2-6(10)3-7(9)8(5)11-12/h2-4H,1H3. The number of nitrogens with zero attached hydrogens (tertiary/aromatic N) is 2. The molecule has 0 spiro atoms. The average Bonchev–Trinajstić information content (AvgIpc) is 2.29. The summed E-state index contributed by atoms with van der Waals surface area (Å²) in [6.07, 6.45) is 1.94. The van der Waals surface area contributed by atoms with E-state index in [-0.39, 0.29) is 0 Å². The monoisotopic (exact) mass is 244 g/mol. The quantitative estimate of drug-likeness (QED) is 0.698. The van der Waals surface area contributed by atoms with Crippen molar-refractivity contribution in [2.45, 2.75) is 0 Å². The number of hydrogen-bond donors (Lipinski definition) is 0. The third-order valence-corrected chi connectivity index (χ3v) is 2.46. The molecular weight excluding hydrogens is 239 g/mol. The van der Waals surface area contributed by atoms with Gasteiger partial charge in [0.2, 0.25) is 0 Å². The molecular formula is C8H6BrClN2. The van der Waals surface area contributed by atoms with Gasteiger partial charge in [0.05, 0.1) is 0 Å². The van der Waals surface area contributed by atoms with E-state index < -0.39 is 0 Å². The highest BCUT2D eigenvalue weighted by molar-refractivity contribution is 9.10. The van der Waals surface area contributed by atoms with Crippen molar-refractivity contribution in [1.82, 2.24) is 9.78 Å². The highest BCUT2D eigenvalue weighted by Gasteiger charge is 2.03. The molecule has 4 heteroatoms. The predicted octanol–water partition coefficient (Wildman–Crippen LogP) is 2.99. The van der Waals surface area contributed by atoms with Crippen LogP contribution in [-0.2, 0) is 7.05 Å². The van der Waals surface area contributed by atoms with Crippen LogP contribution in [0.25, 0.3) is 10.9 Å². The van der Waals surface area contributed by atoms with E-state index in [1.54, 1.807) is 4.68 Å². The molecule has 0 bridgehead atoms. The molecule has 0 aliphatic heterocycles. The minimum atomic E-state index is 0.724. The van der Waals surface area contributed by atoms with Gasteiger partial charge in [-0.1, -0.05) is 11.6 Å². The van der Waals surface area contributed by atoms with E-state index in [2.05, 4.69) is 21.0 Å². The average molecular weight is 246 g/mol. The fourth-order valence-corrected chi connectivity index (χ4v) is 2.09. The van der Waals surface area contributed by atoms with Crippen LogP contribution in [0.2, 0.25) is 5.02 Å². The summed E-state index contributed by atoms with van der Waals surface area (Å²) in [6, 6.07) is 3.74. The van der Waals surface area contributed by atoms with Crippen LogP contribution in [0.15, 0.2) is 22.8 Å². The van der Waals surface area contributed by atoms with Crippen molar-refractivity contribution in [1.29, 1.82) is 0 Å². The minimum absolute atomic E-state index is 0.724. The van der Waals surface area contributed by atoms with E-state index in [0.29, 0.717) is 0 Å². The predicted molar refractivity (Wildman–Crippen MR) is 53.4 cm³/mol. The maximum absolute atomic E-state index is 5.87. The molecule has 62 valence electrons. The maximum atomic E-state index is 5.87. The second kappa shape index (κ2) is 2.75. The van der Waals surface area contributed by atoms with Crippen LogP contribution >= 0.6 is 27.5 Å². The van der Waals surface area contributed by atoms with Gasteiger partial charge in [-0.05, 0) is 28.1 Å². The Morgan fingerprint density at radius 1 is 1.50 bits per heavy atom. The fraction of sp³-hybridized carbons (Fsp3) is 0.125. The summed E-state index contributed by atoms with van der Waals surface area (Å²) in [5.74, 6) is 0. The van der Waals surface area contributed by atoms with Crippen molar-refractivity contribution >= 4 is 38.4 Å². The summed E-state index contributed by atoms with van der Waals surface area (Å²) in [5, 5.41) is 6.04. The number of fused-ring (bicyclic) bond motifs is 1. The van der Waals surface area contributed by atoms with Gasteiger partial charge >= 0.3 is 0 Å². The van der Waals surface area contributed by atoms with E-state index in [4.69, 9.17) is 11.6 Å². The van der Waals surface area contributed by atoms with Crippen LogP contribution in [0.5, 0.6) is 0 Å². The second-order valence-corrected chi connectivity index (χ2v) is 3.92. The molecule has 2 aromatic rings. The number of rotatable bonds is 0. The normalized spacial score (nSPS) is 10.9. The zero-order chi connectivity index (χ0) is 8.72. The SMILES string of the molecule is Cn1cc2cc(Cl)cc(Br)c2n1. The molecule has 0 amide bonds. The van der Waals surface area contributed by atoms with Gasteiger partial charge in [0.1, 0.15) is 5.52 Å². The summed E-state index contributed by atoms with van der Waals surface area (Å²) in [5.41, 5.74) is 0.946. The first-order chi connectivity index (χ1) is 5.66. The lowest BCUT2D eigenvalue weighted by Crippen LogP contribution is -1.85. The fourth-order valence-electron chi connectivity index (χ4n) is 1.18. The maximum Gasteiger partial charge on any atom is 0.107 e. The molecule has 0 aliphatic carbocycles. The van der Waals surface area contributed by atoms with Crippen LogP contribution in [0.1, 0.15) is 0 Å². The topological polar surface area (TPSA) is 17.8 Å². The van der Waals surface area contributed by atoms with Gasteiger partial charge < -0.3 is 0 Å². The van der Waals surface area contributed by atoms with E-state index >= 15 is 0 Å². The molecule has 2 rings (SSSR count). The van der Waals surface area contributed by atoms with Crippen LogP contribution in [0.3, 0.4) is 0 Å². The van der Waals surface area contributed by atoms with Gasteiger partial charge in [-0.15, -0.1) is 0 Å². The molecule has 0 N–H and O–H groups in total. The Bertz CT molecular complexity index is 436. The van der Waals surface area contributed by atoms with E-state index in [0.717, 1.165) is 20.4 Å². The first kappa shape index (κ1) is 8.08. The third-order valence-electron chi connectivity index (χ3n) is 1.64. The minimum Gasteiger partial charge on any atom is -0.275 e. The van der Waals surface area contributed by atoms with Crippen molar-refractivity contribution in [3.8, 4) is 0 Å². The van der Waals surface area contributed by atoms with E-state index in [9.17, 15) is 0 Å². The number of aromatic nitrogens is 2. The highest BCUT2D eigenvalue weighted by atomic mass is 79.9. The molecule has 2 nitrogen and oxygen atoms in total. The summed E-state index contributed by atoms with van der Waals surface area (Å²) in [7, 11) is 1.89. The lowest BCUT2D eigenvalue weighted by atomic mass is 10.3. The van der Waals surface area contributed by atoms with Crippen molar-refractivity contribution < 1.29 is 0 Å². The van der Waals surface area contributed by atoms with Gasteiger partial charge in [-0.25, -0.2) is 0 Å². The number of hydrogen-bond acceptors (Lipinski definition) is 1. The second-order valence-electron chi connectivity index (χ2n) is 2.63. The van der Waals surface area contributed by atoms with Crippen LogP contribution in [-0.4, -0.2) is 9.78 Å². The summed E-state index contributed by atoms with van der Waals surface area (Å²) >= 11 is 9.27. The molecule has 1 heterocycles. The highest BCUT2D eigenvalue weighted by Crippen LogP contribution is 2.26. The Hall–Kier alpha value is -0.540. The van der Waals surface area contributed by atoms with Crippen molar-refractivity contribution in [2.24, 2.45) is 7.05 Å².